The number of nitrogens with zero attached hydrogens (tertiary/aromatic N) is 1. The van der Waals surface area contributed by atoms with E-state index in [1.807, 2.05) is 24.3 Å². The van der Waals surface area contributed by atoms with Crippen molar-refractivity contribution >= 4 is 27.0 Å². The van der Waals surface area contributed by atoms with Crippen LogP contribution in [0.1, 0.15) is 10.7 Å². The van der Waals surface area contributed by atoms with Gasteiger partial charge in [0, 0.05) is 0 Å². The minimum absolute atomic E-state index is 0.0971. The molecule has 0 saturated carbocycles. The topological polar surface area (TPSA) is 28.7 Å². The first-order chi connectivity index (χ1) is 6.31. The van der Waals surface area contributed by atoms with Gasteiger partial charge in [0.25, 0.3) is 0 Å². The normalized spacial score (nSPS) is 13.0. The van der Waals surface area contributed by atoms with Gasteiger partial charge in [-0.1, -0.05) is 34.1 Å². The molecule has 0 saturated heterocycles. The number of benzene rings is 1. The van der Waals surface area contributed by atoms with E-state index < -0.39 is 0 Å². The smallest absolute Gasteiger partial charge is 0.124 e. The van der Waals surface area contributed by atoms with Gasteiger partial charge in [-0.3, -0.25) is 0 Å². The lowest BCUT2D eigenvalue weighted by molar-refractivity contribution is 1.07. The number of hydrogen-bond acceptors (Lipinski definition) is 1. The highest BCUT2D eigenvalue weighted by atomic mass is 79.9. The highest BCUT2D eigenvalue weighted by Gasteiger charge is 2.07. The Balaban J connectivity index is 2.55. The van der Waals surface area contributed by atoms with Crippen molar-refractivity contribution in [2.75, 3.05) is 0 Å². The zero-order valence-corrected chi connectivity index (χ0v) is 8.58. The third-order valence-electron chi connectivity index (χ3n) is 1.88. The monoisotopic (exact) mass is 236 g/mol. The van der Waals surface area contributed by atoms with Gasteiger partial charge < -0.3 is 4.98 Å². The van der Waals surface area contributed by atoms with E-state index in [4.69, 9.17) is 0 Å². The van der Waals surface area contributed by atoms with Crippen LogP contribution in [0.3, 0.4) is 0 Å². The fraction of sp³-hybridized carbons (Fsp3) is 0.100. The molecule has 0 aliphatic heterocycles. The zero-order valence-electron chi connectivity index (χ0n) is 7.00. The minimum Gasteiger partial charge on any atom is -0.341 e. The Bertz CT molecular complexity index is 400. The summed E-state index contributed by atoms with van der Waals surface area (Å²) in [5.41, 5.74) is 2.05. The number of hydrogen-bond donors (Lipinski definition) is 1. The summed E-state index contributed by atoms with van der Waals surface area (Å²) >= 11 is 3.45. The van der Waals surface area contributed by atoms with Crippen LogP contribution in [0.5, 0.6) is 0 Å². The van der Waals surface area contributed by atoms with E-state index in [-0.39, 0.29) is 4.83 Å². The number of fused-ring (bicyclic) bond motifs is 1. The number of aromatic amines is 1. The van der Waals surface area contributed by atoms with Gasteiger partial charge in [-0.2, -0.15) is 0 Å². The van der Waals surface area contributed by atoms with Crippen molar-refractivity contribution in [3.63, 3.8) is 0 Å². The van der Waals surface area contributed by atoms with Crippen molar-refractivity contribution in [2.24, 2.45) is 0 Å². The van der Waals surface area contributed by atoms with Gasteiger partial charge in [0.15, 0.2) is 0 Å². The molecular weight excluding hydrogens is 228 g/mol. The molecule has 0 spiro atoms. The lowest BCUT2D eigenvalue weighted by Gasteiger charge is -1.95. The van der Waals surface area contributed by atoms with E-state index in [1.54, 1.807) is 6.08 Å². The first-order valence-electron chi connectivity index (χ1n) is 4.02. The summed E-state index contributed by atoms with van der Waals surface area (Å²) in [6.07, 6.45) is 1.80. The number of rotatable bonds is 2. The summed E-state index contributed by atoms with van der Waals surface area (Å²) < 4.78 is 0. The minimum atomic E-state index is 0.0971. The van der Waals surface area contributed by atoms with Crippen molar-refractivity contribution in [3.8, 4) is 0 Å². The van der Waals surface area contributed by atoms with Crippen LogP contribution >= 0.6 is 15.9 Å². The number of alkyl halides is 1. The Morgan fingerprint density at radius 2 is 2.23 bits per heavy atom. The van der Waals surface area contributed by atoms with Crippen molar-refractivity contribution in [1.82, 2.24) is 9.97 Å². The van der Waals surface area contributed by atoms with Crippen LogP contribution in [-0.4, -0.2) is 9.97 Å². The maximum absolute atomic E-state index is 4.41. The molecule has 0 aliphatic rings. The van der Waals surface area contributed by atoms with Crippen molar-refractivity contribution < 1.29 is 0 Å². The summed E-state index contributed by atoms with van der Waals surface area (Å²) in [6.45, 7) is 3.70. The molecule has 1 aromatic carbocycles. The lowest BCUT2D eigenvalue weighted by atomic mass is 10.3. The molecule has 1 heterocycles. The molecule has 1 atom stereocenters. The largest absolute Gasteiger partial charge is 0.341 e. The van der Waals surface area contributed by atoms with Gasteiger partial charge in [0.05, 0.1) is 15.9 Å². The van der Waals surface area contributed by atoms with Gasteiger partial charge in [-0.25, -0.2) is 4.98 Å². The maximum Gasteiger partial charge on any atom is 0.124 e. The number of H-pyrrole nitrogens is 1. The molecule has 2 nitrogen and oxygen atoms in total. The van der Waals surface area contributed by atoms with E-state index in [0.717, 1.165) is 16.9 Å². The molecule has 66 valence electrons. The number of allylic oxidation sites excluding steroid dienone is 1. The van der Waals surface area contributed by atoms with Crippen LogP contribution in [0.2, 0.25) is 0 Å². The van der Waals surface area contributed by atoms with Crippen molar-refractivity contribution in [3.05, 3.63) is 42.7 Å². The van der Waals surface area contributed by atoms with Crippen LogP contribution in [0, 0.1) is 0 Å². The molecule has 0 fully saturated rings. The number of imidazole rings is 1. The van der Waals surface area contributed by atoms with E-state index in [9.17, 15) is 0 Å². The predicted molar refractivity (Wildman–Crippen MR) is 58.0 cm³/mol. The second kappa shape index (κ2) is 3.34. The maximum atomic E-state index is 4.41. The van der Waals surface area contributed by atoms with Crippen LogP contribution in [0.15, 0.2) is 36.9 Å². The lowest BCUT2D eigenvalue weighted by Crippen LogP contribution is -1.86. The summed E-state index contributed by atoms with van der Waals surface area (Å²) in [5.74, 6) is 0.899. The van der Waals surface area contributed by atoms with Crippen LogP contribution in [0.25, 0.3) is 11.0 Å². The fourth-order valence-electron chi connectivity index (χ4n) is 1.21. The van der Waals surface area contributed by atoms with E-state index in [2.05, 4.69) is 32.5 Å². The van der Waals surface area contributed by atoms with E-state index >= 15 is 0 Å². The molecule has 1 aromatic heterocycles. The summed E-state index contributed by atoms with van der Waals surface area (Å²) in [7, 11) is 0. The molecule has 1 N–H and O–H groups in total. The molecule has 1 unspecified atom stereocenters. The Morgan fingerprint density at radius 1 is 1.46 bits per heavy atom. The highest BCUT2D eigenvalue weighted by Crippen LogP contribution is 2.22. The first-order valence-corrected chi connectivity index (χ1v) is 4.94. The zero-order chi connectivity index (χ0) is 9.26. The Labute approximate surface area is 84.8 Å². The number of nitrogens with one attached hydrogen (secondary N) is 1. The molecule has 0 amide bonds. The molecular formula is C10H9BrN2. The Hall–Kier alpha value is -1.09. The Morgan fingerprint density at radius 3 is 2.92 bits per heavy atom. The predicted octanol–water partition coefficient (Wildman–Crippen LogP) is 3.18. The number of aromatic nitrogens is 2. The first kappa shape index (κ1) is 8.51. The third-order valence-corrected chi connectivity index (χ3v) is 2.68. The van der Waals surface area contributed by atoms with Crippen molar-refractivity contribution in [1.29, 1.82) is 0 Å². The third kappa shape index (κ3) is 1.52. The van der Waals surface area contributed by atoms with Crippen LogP contribution in [-0.2, 0) is 0 Å². The highest BCUT2D eigenvalue weighted by molar-refractivity contribution is 9.09. The van der Waals surface area contributed by atoms with Gasteiger partial charge in [-0.05, 0) is 12.1 Å². The SMILES string of the molecule is C=CC(Br)c1nc2ccccc2[nH]1. The standard InChI is InChI=1S/C10H9BrN2/c1-2-7(11)10-12-8-5-3-4-6-9(8)13-10/h2-7H,1H2,(H,12,13). The quantitative estimate of drug-likeness (QED) is 0.630. The molecule has 2 rings (SSSR count). The second-order valence-electron chi connectivity index (χ2n) is 2.78. The molecule has 0 bridgehead atoms. The number of halogens is 1. The van der Waals surface area contributed by atoms with Crippen molar-refractivity contribution in [2.45, 2.75) is 4.83 Å². The molecule has 13 heavy (non-hydrogen) atoms. The van der Waals surface area contributed by atoms with Crippen LogP contribution in [0.4, 0.5) is 0 Å². The average Bonchev–Trinajstić information content (AvgIpc) is 2.59. The second-order valence-corrected chi connectivity index (χ2v) is 3.76. The average molecular weight is 237 g/mol. The summed E-state index contributed by atoms with van der Waals surface area (Å²) in [5, 5.41) is 0. The summed E-state index contributed by atoms with van der Waals surface area (Å²) in [6, 6.07) is 7.96. The molecule has 3 heteroatoms. The summed E-state index contributed by atoms with van der Waals surface area (Å²) in [4.78, 5) is 7.72. The van der Waals surface area contributed by atoms with Gasteiger partial charge >= 0.3 is 0 Å². The Kier molecular flexibility index (Phi) is 2.19. The van der Waals surface area contributed by atoms with Gasteiger partial charge in [-0.15, -0.1) is 6.58 Å². The van der Waals surface area contributed by atoms with Gasteiger partial charge in [0.1, 0.15) is 5.82 Å². The van der Waals surface area contributed by atoms with Gasteiger partial charge in [0.2, 0.25) is 0 Å². The van der Waals surface area contributed by atoms with E-state index in [1.165, 1.54) is 0 Å². The fourth-order valence-corrected chi connectivity index (χ4v) is 1.43. The van der Waals surface area contributed by atoms with E-state index in [0.29, 0.717) is 0 Å². The van der Waals surface area contributed by atoms with Crippen LogP contribution < -0.4 is 0 Å². The molecule has 0 aliphatic carbocycles. The number of para-hydroxylation sites is 2. The molecule has 2 aromatic rings. The molecule has 0 radical (unpaired) electrons.